The number of hydrogen-bond acceptors (Lipinski definition) is 13. The first-order valence-electron chi connectivity index (χ1n) is 41.8. The Morgan fingerprint density at radius 1 is 0.328 bits per heavy atom. The summed E-state index contributed by atoms with van der Waals surface area (Å²) in [5.74, 6) is 8.20. The second-order valence-corrected chi connectivity index (χ2v) is 35.9. The number of aromatic nitrogens is 9. The molecular weight excluding hydrogens is 1530 g/mol. The fourth-order valence-electron chi connectivity index (χ4n) is 10.8. The van der Waals surface area contributed by atoms with Gasteiger partial charge >= 0.3 is 0 Å². The number of thiophene rings is 2. The normalized spacial score (nSPS) is 10.5. The summed E-state index contributed by atoms with van der Waals surface area (Å²) in [5.41, 5.74) is 15.0. The van der Waals surface area contributed by atoms with Crippen LogP contribution in [0.5, 0.6) is 0 Å². The minimum atomic E-state index is 0. The Bertz CT molecular complexity index is 4650. The largest absolute Gasteiger partial charge is 0.364 e. The Balaban J connectivity index is 0.000000274. The minimum absolute atomic E-state index is 0. The lowest BCUT2D eigenvalue weighted by atomic mass is 9.98. The van der Waals surface area contributed by atoms with E-state index in [9.17, 15) is 0 Å². The third-order valence-electron chi connectivity index (χ3n) is 18.4. The molecule has 0 radical (unpaired) electrons. The summed E-state index contributed by atoms with van der Waals surface area (Å²) in [6, 6.07) is 73.1. The van der Waals surface area contributed by atoms with Crippen LogP contribution < -0.4 is 0 Å². The second kappa shape index (κ2) is 56.5. The monoisotopic (exact) mass is 1670 g/mol. The SMILES string of the molecule is C.CC(C)c1ccc2ccccc2c1.CC(C)c1cccc2ncccc12.CC(C)c1ccccc1.CC(C)c1ccccn1.CC(C)c1cccnc1.CC(C)c1cccs1.CC(C)c1ccncc1.CC(C)c1ccsc1.CC(C)c1cnoc1.CC(C)c1nc2ccccc2[nH]1.CC(C)c1nc2ccccc2s1.CC(C)c1nccs1. The van der Waals surface area contributed by atoms with Gasteiger partial charge in [-0.3, -0.25) is 19.9 Å². The van der Waals surface area contributed by atoms with Crippen LogP contribution in [0.4, 0.5) is 0 Å². The van der Waals surface area contributed by atoms with Gasteiger partial charge in [0, 0.05) is 88.0 Å². The van der Waals surface area contributed by atoms with Gasteiger partial charge in [0.25, 0.3) is 0 Å². The van der Waals surface area contributed by atoms with Crippen LogP contribution in [0.2, 0.25) is 0 Å². The van der Waals surface area contributed by atoms with Gasteiger partial charge in [0.2, 0.25) is 0 Å². The molecule has 1 N–H and O–H groups in total. The number of hydrogen-bond donors (Lipinski definition) is 1. The van der Waals surface area contributed by atoms with E-state index in [0.29, 0.717) is 71.0 Å². The Morgan fingerprint density at radius 2 is 0.916 bits per heavy atom. The number of nitrogens with zero attached hydrogens (tertiary/aromatic N) is 8. The Morgan fingerprint density at radius 3 is 1.37 bits per heavy atom. The molecule has 0 spiro atoms. The lowest BCUT2D eigenvalue weighted by Gasteiger charge is -2.08. The highest BCUT2D eigenvalue weighted by Gasteiger charge is 2.09. The van der Waals surface area contributed by atoms with Crippen LogP contribution in [0.3, 0.4) is 0 Å². The number of pyridine rings is 4. The standard InChI is InChI=1S/C13H14.C12H13N.C10H12N2.C10H11NS.C9H12.3C8H11N.2C7H10S.C6H9NO.C6H9NS.CH4/c1-10(2)12-8-7-11-5-3-4-6-13(11)9-12;1-9(2)10-5-3-7-12-11(10)6-4-8-13-12;2*1-7(2)10-11-8-5-3-4-6-9(8)12-10;1-8(2)9-6-4-3-5-7-9;1-7(2)8-3-5-9-6-4-8;1-7(2)8-4-3-5-9-6-8;1-7(2)8-5-3-4-6-9-8;1-6(2)7-3-4-8-5-7;1-6(2)7-4-3-5-8-7;1-5(2)6-3-7-8-4-6;1-5(2)6-7-3-4-8-6;/h3-10H,1-2H3;3-9H,1-2H3;3-7H,1-2H3,(H,11,12);3-7H,1-2H3;3-8H,1-2H3;3*3-7H,1-2H3;2*3-6H,1-2H3;2*3-5H,1-2H3;1H4. The van der Waals surface area contributed by atoms with Crippen molar-refractivity contribution in [2.45, 2.75) is 245 Å². The van der Waals surface area contributed by atoms with E-state index in [1.807, 2.05) is 133 Å². The van der Waals surface area contributed by atoms with E-state index in [4.69, 9.17) is 0 Å². The maximum absolute atomic E-state index is 4.63. The fourth-order valence-corrected chi connectivity index (χ4v) is 14.0. The van der Waals surface area contributed by atoms with Gasteiger partial charge in [0.05, 0.1) is 43.0 Å². The third kappa shape index (κ3) is 38.8. The number of rotatable bonds is 12. The second-order valence-electron chi connectivity index (χ2n) is 32.2. The highest BCUT2D eigenvalue weighted by molar-refractivity contribution is 7.18. The molecule has 10 aromatic heterocycles. The number of imidazole rings is 1. The Labute approximate surface area is 732 Å². The number of thiazole rings is 2. The van der Waals surface area contributed by atoms with Crippen molar-refractivity contribution in [2.24, 2.45) is 0 Å². The molecule has 0 amide bonds. The van der Waals surface area contributed by atoms with Crippen molar-refractivity contribution in [2.75, 3.05) is 0 Å². The quantitative estimate of drug-likeness (QED) is 0.127. The van der Waals surface area contributed by atoms with Crippen LogP contribution in [-0.4, -0.2) is 45.0 Å². The number of para-hydroxylation sites is 3. The average molecular weight is 1670 g/mol. The lowest BCUT2D eigenvalue weighted by Crippen LogP contribution is -1.89. The van der Waals surface area contributed by atoms with Crippen LogP contribution in [0, 0.1) is 0 Å². The van der Waals surface area contributed by atoms with Gasteiger partial charge < -0.3 is 9.51 Å². The first kappa shape index (κ1) is 101. The van der Waals surface area contributed by atoms with Crippen molar-refractivity contribution in [3.05, 3.63) is 355 Å². The average Bonchev–Trinajstić information content (AvgIpc) is 1.39. The maximum Gasteiger partial charge on any atom is 0.127 e. The molecule has 0 atom stereocenters. The third-order valence-corrected chi connectivity index (χ3v) is 22.6. The van der Waals surface area contributed by atoms with E-state index >= 15 is 0 Å². The van der Waals surface area contributed by atoms with Gasteiger partial charge in [-0.1, -0.05) is 312 Å². The van der Waals surface area contributed by atoms with Gasteiger partial charge in [-0.25, -0.2) is 15.0 Å². The van der Waals surface area contributed by atoms with E-state index in [-0.39, 0.29) is 7.43 Å². The van der Waals surface area contributed by atoms with Crippen LogP contribution in [0.15, 0.2) is 294 Å². The molecule has 14 heteroatoms. The molecule has 10 nitrogen and oxygen atoms in total. The number of H-pyrrole nitrogens is 1. The first-order valence-corrected chi connectivity index (χ1v) is 45.3. The molecule has 10 heterocycles. The predicted molar refractivity (Wildman–Crippen MR) is 524 cm³/mol. The molecule has 0 saturated heterocycles. The molecule has 0 aliphatic rings. The van der Waals surface area contributed by atoms with E-state index in [0.717, 1.165) is 39.1 Å². The zero-order valence-corrected chi connectivity index (χ0v) is 78.0. The molecule has 0 saturated carbocycles. The van der Waals surface area contributed by atoms with Crippen LogP contribution >= 0.6 is 45.3 Å². The van der Waals surface area contributed by atoms with E-state index < -0.39 is 0 Å². The van der Waals surface area contributed by atoms with Crippen molar-refractivity contribution in [3.8, 4) is 0 Å². The minimum Gasteiger partial charge on any atom is -0.364 e. The Kier molecular flexibility index (Phi) is 48.1. The Hall–Kier alpha value is -9.96. The van der Waals surface area contributed by atoms with Gasteiger partial charge in [0.1, 0.15) is 12.1 Å². The van der Waals surface area contributed by atoms with Crippen molar-refractivity contribution < 1.29 is 4.52 Å². The van der Waals surface area contributed by atoms with Gasteiger partial charge in [0.15, 0.2) is 0 Å². The zero-order valence-electron chi connectivity index (χ0n) is 74.8. The van der Waals surface area contributed by atoms with Gasteiger partial charge in [-0.05, 0) is 192 Å². The van der Waals surface area contributed by atoms with Crippen LogP contribution in [0.25, 0.3) is 42.9 Å². The summed E-state index contributed by atoms with van der Waals surface area (Å²) >= 11 is 7.11. The van der Waals surface area contributed by atoms with E-state index in [1.165, 1.54) is 69.1 Å². The van der Waals surface area contributed by atoms with Crippen LogP contribution in [0.1, 0.15) is 310 Å². The summed E-state index contributed by atoms with van der Waals surface area (Å²) in [6.07, 6.45) is 16.3. The smallest absolute Gasteiger partial charge is 0.127 e. The molecule has 16 aromatic rings. The number of fused-ring (bicyclic) bond motifs is 4. The highest BCUT2D eigenvalue weighted by Crippen LogP contribution is 2.29. The van der Waals surface area contributed by atoms with Crippen LogP contribution in [-0.2, 0) is 0 Å². The molecule has 0 unspecified atom stereocenters. The van der Waals surface area contributed by atoms with Gasteiger partial charge in [-0.15, -0.1) is 34.0 Å². The number of aromatic amines is 1. The summed E-state index contributed by atoms with van der Waals surface area (Å²) in [7, 11) is 0. The van der Waals surface area contributed by atoms with Crippen molar-refractivity contribution in [1.82, 2.24) is 45.0 Å². The summed E-state index contributed by atoms with van der Waals surface area (Å²) < 4.78 is 5.92. The van der Waals surface area contributed by atoms with Crippen molar-refractivity contribution >= 4 is 88.3 Å². The molecule has 16 rings (SSSR count). The number of benzene rings is 6. The fraction of sp³-hybridized carbons (Fsp3) is 0.352. The number of nitrogens with one attached hydrogen (secondary N) is 1. The molecule has 0 aliphatic heterocycles. The van der Waals surface area contributed by atoms with Crippen molar-refractivity contribution in [1.29, 1.82) is 0 Å². The molecule has 119 heavy (non-hydrogen) atoms. The van der Waals surface area contributed by atoms with E-state index in [1.54, 1.807) is 52.7 Å². The first-order chi connectivity index (χ1) is 56.5. The molecule has 0 bridgehead atoms. The topological polar surface area (TPSA) is 132 Å². The molecule has 0 fully saturated rings. The molecule has 6 aromatic carbocycles. The van der Waals surface area contributed by atoms with Crippen molar-refractivity contribution in [3.63, 3.8) is 0 Å². The summed E-state index contributed by atoms with van der Waals surface area (Å²) in [5, 5.41) is 18.4. The van der Waals surface area contributed by atoms with Gasteiger partial charge in [-0.2, -0.15) is 11.3 Å². The molecular formula is C105H137N9OS4. The molecule has 632 valence electrons. The van der Waals surface area contributed by atoms with E-state index in [2.05, 4.69) is 365 Å². The molecule has 0 aliphatic carbocycles. The zero-order chi connectivity index (χ0) is 86.3. The summed E-state index contributed by atoms with van der Waals surface area (Å²) in [4.78, 5) is 34.3. The lowest BCUT2D eigenvalue weighted by molar-refractivity contribution is 0.418. The summed E-state index contributed by atoms with van der Waals surface area (Å²) in [6.45, 7) is 52.2. The maximum atomic E-state index is 4.63. The highest BCUT2D eigenvalue weighted by atomic mass is 32.1. The predicted octanol–water partition coefficient (Wildman–Crippen LogP) is 33.3.